The lowest BCUT2D eigenvalue weighted by Gasteiger charge is -2.40. The summed E-state index contributed by atoms with van der Waals surface area (Å²) in [6.07, 6.45) is 11.2. The van der Waals surface area contributed by atoms with E-state index in [1.54, 1.807) is 0 Å². The van der Waals surface area contributed by atoms with Crippen LogP contribution < -0.4 is 5.73 Å². The molecule has 116 valence electrons. The molecule has 0 aromatic heterocycles. The summed E-state index contributed by atoms with van der Waals surface area (Å²) in [5, 5.41) is 0. The van der Waals surface area contributed by atoms with Gasteiger partial charge < -0.3 is 5.73 Å². The van der Waals surface area contributed by atoms with Crippen molar-refractivity contribution in [3.63, 3.8) is 0 Å². The van der Waals surface area contributed by atoms with Crippen molar-refractivity contribution in [3.05, 3.63) is 0 Å². The number of hydrogen-bond donors (Lipinski definition) is 1. The van der Waals surface area contributed by atoms with E-state index in [-0.39, 0.29) is 0 Å². The largest absolute Gasteiger partial charge is 0.329 e. The number of rotatable bonds is 5. The van der Waals surface area contributed by atoms with Crippen molar-refractivity contribution < 1.29 is 0 Å². The molecule has 20 heavy (non-hydrogen) atoms. The van der Waals surface area contributed by atoms with E-state index in [1.165, 1.54) is 77.5 Å². The van der Waals surface area contributed by atoms with E-state index in [4.69, 9.17) is 5.73 Å². The Balaban J connectivity index is 1.61. The first-order valence-electron chi connectivity index (χ1n) is 8.96. The fraction of sp³-hybridized carbons (Fsp3) is 1.00. The molecule has 2 aliphatic heterocycles. The second-order valence-electron chi connectivity index (χ2n) is 7.45. The molecule has 3 nitrogen and oxygen atoms in total. The van der Waals surface area contributed by atoms with E-state index >= 15 is 0 Å². The van der Waals surface area contributed by atoms with Crippen molar-refractivity contribution in [2.45, 2.75) is 69.9 Å². The van der Waals surface area contributed by atoms with Crippen LogP contribution in [0.25, 0.3) is 0 Å². The highest BCUT2D eigenvalue weighted by atomic mass is 15.3. The van der Waals surface area contributed by atoms with Crippen LogP contribution in [0, 0.1) is 5.92 Å². The van der Waals surface area contributed by atoms with Gasteiger partial charge in [-0.1, -0.05) is 19.8 Å². The molecule has 2 N–H and O–H groups in total. The van der Waals surface area contributed by atoms with Crippen LogP contribution >= 0.6 is 0 Å². The fourth-order valence-corrected chi connectivity index (χ4v) is 4.53. The average Bonchev–Trinajstić information content (AvgIpc) is 3.25. The zero-order valence-corrected chi connectivity index (χ0v) is 13.3. The maximum atomic E-state index is 6.26. The van der Waals surface area contributed by atoms with Gasteiger partial charge in [-0.05, 0) is 57.5 Å². The molecule has 0 amide bonds. The Morgan fingerprint density at radius 3 is 2.65 bits per heavy atom. The minimum absolute atomic E-state index is 0.309. The van der Waals surface area contributed by atoms with Crippen molar-refractivity contribution >= 4 is 0 Å². The lowest BCUT2D eigenvalue weighted by atomic mass is 9.94. The Morgan fingerprint density at radius 1 is 1.10 bits per heavy atom. The van der Waals surface area contributed by atoms with Crippen molar-refractivity contribution in [1.82, 2.24) is 9.80 Å². The minimum atomic E-state index is 0.309. The highest BCUT2D eigenvalue weighted by molar-refractivity contribution is 5.04. The predicted molar refractivity (Wildman–Crippen MR) is 84.8 cm³/mol. The lowest BCUT2D eigenvalue weighted by molar-refractivity contribution is 0.0999. The smallest absolute Gasteiger partial charge is 0.0470 e. The van der Waals surface area contributed by atoms with E-state index in [2.05, 4.69) is 16.7 Å². The molecule has 3 aliphatic rings. The van der Waals surface area contributed by atoms with Crippen molar-refractivity contribution in [1.29, 1.82) is 0 Å². The molecule has 0 aromatic carbocycles. The van der Waals surface area contributed by atoms with Crippen LogP contribution in [0.3, 0.4) is 0 Å². The second kappa shape index (κ2) is 6.33. The number of likely N-dealkylation sites (tertiary alicyclic amines) is 2. The molecule has 0 bridgehead atoms. The molecule has 2 heterocycles. The number of nitrogens with two attached hydrogens (primary N) is 1. The molecule has 3 heteroatoms. The van der Waals surface area contributed by atoms with Crippen molar-refractivity contribution in [3.8, 4) is 0 Å². The summed E-state index contributed by atoms with van der Waals surface area (Å²) < 4.78 is 0. The van der Waals surface area contributed by atoms with Crippen LogP contribution in [0.15, 0.2) is 0 Å². The molecule has 2 atom stereocenters. The van der Waals surface area contributed by atoms with Crippen LogP contribution in [-0.4, -0.2) is 54.1 Å². The Labute approximate surface area is 124 Å². The maximum Gasteiger partial charge on any atom is 0.0470 e. The molecule has 2 saturated heterocycles. The zero-order valence-electron chi connectivity index (χ0n) is 13.3. The molecule has 1 aliphatic carbocycles. The van der Waals surface area contributed by atoms with Crippen LogP contribution in [0.1, 0.15) is 58.3 Å². The maximum absolute atomic E-state index is 6.26. The number of nitrogens with zero attached hydrogens (tertiary/aromatic N) is 2. The van der Waals surface area contributed by atoms with Gasteiger partial charge in [-0.3, -0.25) is 9.80 Å². The third-order valence-electron chi connectivity index (χ3n) is 6.02. The molecule has 0 radical (unpaired) electrons. The van der Waals surface area contributed by atoms with Gasteiger partial charge in [-0.2, -0.15) is 0 Å². The summed E-state index contributed by atoms with van der Waals surface area (Å²) in [6, 6.07) is 0.906. The Kier molecular flexibility index (Phi) is 4.68. The van der Waals surface area contributed by atoms with Gasteiger partial charge in [0, 0.05) is 31.2 Å². The number of hydrogen-bond acceptors (Lipinski definition) is 3. The minimum Gasteiger partial charge on any atom is -0.329 e. The average molecular weight is 279 g/mol. The van der Waals surface area contributed by atoms with Crippen LogP contribution in [0.4, 0.5) is 0 Å². The summed E-state index contributed by atoms with van der Waals surface area (Å²) >= 11 is 0. The topological polar surface area (TPSA) is 32.5 Å². The summed E-state index contributed by atoms with van der Waals surface area (Å²) in [6.45, 7) is 8.29. The normalized spacial score (nSPS) is 37.2. The summed E-state index contributed by atoms with van der Waals surface area (Å²) in [7, 11) is 0. The third-order valence-corrected chi connectivity index (χ3v) is 6.02. The van der Waals surface area contributed by atoms with E-state index in [0.29, 0.717) is 5.54 Å². The molecule has 3 fully saturated rings. The quantitative estimate of drug-likeness (QED) is 0.839. The SMILES string of the molecule is CCCC1CCCN(C2(CN)CCN(C3CC3)C2)CC1. The molecule has 0 spiro atoms. The van der Waals surface area contributed by atoms with E-state index < -0.39 is 0 Å². The predicted octanol–water partition coefficient (Wildman–Crippen LogP) is 2.45. The van der Waals surface area contributed by atoms with Crippen LogP contribution in [-0.2, 0) is 0 Å². The van der Waals surface area contributed by atoms with Crippen LogP contribution in [0.2, 0.25) is 0 Å². The van der Waals surface area contributed by atoms with Crippen molar-refractivity contribution in [2.75, 3.05) is 32.7 Å². The van der Waals surface area contributed by atoms with Gasteiger partial charge >= 0.3 is 0 Å². The molecular formula is C17H33N3. The Bertz CT molecular complexity index is 315. The first-order valence-corrected chi connectivity index (χ1v) is 8.96. The van der Waals surface area contributed by atoms with Gasteiger partial charge in [0.1, 0.15) is 0 Å². The highest BCUT2D eigenvalue weighted by Gasteiger charge is 2.45. The highest BCUT2D eigenvalue weighted by Crippen LogP contribution is 2.37. The van der Waals surface area contributed by atoms with E-state index in [0.717, 1.165) is 18.5 Å². The van der Waals surface area contributed by atoms with E-state index in [9.17, 15) is 0 Å². The van der Waals surface area contributed by atoms with Gasteiger partial charge in [0.25, 0.3) is 0 Å². The summed E-state index contributed by atoms with van der Waals surface area (Å²) in [4.78, 5) is 5.51. The third kappa shape index (κ3) is 3.05. The first kappa shape index (κ1) is 14.8. The van der Waals surface area contributed by atoms with Gasteiger partial charge in [0.2, 0.25) is 0 Å². The van der Waals surface area contributed by atoms with Gasteiger partial charge in [-0.15, -0.1) is 0 Å². The van der Waals surface area contributed by atoms with Gasteiger partial charge in [0.05, 0.1) is 0 Å². The summed E-state index contributed by atoms with van der Waals surface area (Å²) in [5.74, 6) is 0.973. The molecule has 1 saturated carbocycles. The fourth-order valence-electron chi connectivity index (χ4n) is 4.53. The van der Waals surface area contributed by atoms with E-state index in [1.807, 2.05) is 0 Å². The second-order valence-corrected chi connectivity index (χ2v) is 7.45. The molecular weight excluding hydrogens is 246 g/mol. The summed E-state index contributed by atoms with van der Waals surface area (Å²) in [5.41, 5.74) is 6.57. The first-order chi connectivity index (χ1) is 9.77. The molecule has 2 unspecified atom stereocenters. The lowest BCUT2D eigenvalue weighted by Crippen LogP contribution is -2.56. The monoisotopic (exact) mass is 279 g/mol. The molecule has 0 aromatic rings. The van der Waals surface area contributed by atoms with Gasteiger partial charge in [0.15, 0.2) is 0 Å². The zero-order chi connectivity index (χ0) is 14.0. The van der Waals surface area contributed by atoms with Gasteiger partial charge in [-0.25, -0.2) is 0 Å². The standard InChI is InChI=1S/C17H33N3/c1-2-4-15-5-3-10-20(11-8-15)17(13-18)9-12-19(14-17)16-6-7-16/h15-16H,2-14,18H2,1H3. The van der Waals surface area contributed by atoms with Crippen molar-refractivity contribution in [2.24, 2.45) is 11.7 Å². The molecule has 3 rings (SSSR count). The Hall–Kier alpha value is -0.120. The Morgan fingerprint density at radius 2 is 1.95 bits per heavy atom. The van der Waals surface area contributed by atoms with Crippen LogP contribution in [0.5, 0.6) is 0 Å².